The van der Waals surface area contributed by atoms with Gasteiger partial charge in [-0.3, -0.25) is 0 Å². The zero-order valence-corrected chi connectivity index (χ0v) is 28.2. The van der Waals surface area contributed by atoms with Crippen LogP contribution in [0, 0.1) is 0 Å². The zero-order chi connectivity index (χ0) is 31.1. The van der Waals surface area contributed by atoms with Crippen LogP contribution in [0.4, 0.5) is 0 Å². The number of ether oxygens (including phenoxy) is 2. The minimum Gasteiger partial charge on any atom is -0.439 e. The largest absolute Gasteiger partial charge is 0.439 e. The summed E-state index contributed by atoms with van der Waals surface area (Å²) in [6, 6.07) is 10.4. The van der Waals surface area contributed by atoms with Crippen molar-refractivity contribution in [1.29, 1.82) is 0 Å². The Kier molecular flexibility index (Phi) is 12.7. The molecule has 0 saturated carbocycles. The second-order valence-electron chi connectivity index (χ2n) is 9.95. The van der Waals surface area contributed by atoms with E-state index in [-0.39, 0.29) is 18.7 Å². The van der Waals surface area contributed by atoms with Gasteiger partial charge in [0.25, 0.3) is 0 Å². The number of aliphatic hydroxyl groups is 1. The first-order valence-electron chi connectivity index (χ1n) is 13.6. The maximum absolute atomic E-state index is 9.45. The Hall–Kier alpha value is -2.13. The highest BCUT2D eigenvalue weighted by Crippen LogP contribution is 2.35. The van der Waals surface area contributed by atoms with Crippen LogP contribution in [0.3, 0.4) is 0 Å². The number of aromatic nitrogens is 4. The van der Waals surface area contributed by atoms with E-state index in [0.29, 0.717) is 61.3 Å². The van der Waals surface area contributed by atoms with Crippen LogP contribution in [-0.4, -0.2) is 24.7 Å². The third-order valence-corrected chi connectivity index (χ3v) is 7.28. The van der Waals surface area contributed by atoms with Gasteiger partial charge in [-0.2, -0.15) is 10.2 Å². The highest BCUT2D eigenvalue weighted by molar-refractivity contribution is 6.35. The van der Waals surface area contributed by atoms with Gasteiger partial charge in [0.1, 0.15) is 11.5 Å². The van der Waals surface area contributed by atoms with Gasteiger partial charge in [0.15, 0.2) is 0 Å². The van der Waals surface area contributed by atoms with Gasteiger partial charge < -0.3 is 14.6 Å². The molecule has 0 bridgehead atoms. The molecule has 2 aromatic carbocycles. The van der Waals surface area contributed by atoms with Crippen molar-refractivity contribution >= 4 is 58.0 Å². The number of rotatable bonds is 10. The third kappa shape index (κ3) is 8.49. The van der Waals surface area contributed by atoms with Crippen LogP contribution in [0.25, 0.3) is 0 Å². The van der Waals surface area contributed by atoms with Crippen molar-refractivity contribution in [2.75, 3.05) is 0 Å². The number of hydrogen-bond acceptors (Lipinski definition) is 5. The third-order valence-electron chi connectivity index (χ3n) is 6.15. The number of benzene rings is 2. The summed E-state index contributed by atoms with van der Waals surface area (Å²) in [5, 5.41) is 20.5. The van der Waals surface area contributed by atoms with Gasteiger partial charge in [0.05, 0.1) is 36.0 Å². The molecule has 0 atom stereocenters. The van der Waals surface area contributed by atoms with Crippen LogP contribution < -0.4 is 9.47 Å². The molecule has 0 aliphatic rings. The van der Waals surface area contributed by atoms with Crippen LogP contribution in [0.2, 0.25) is 20.1 Å². The number of halogens is 5. The second kappa shape index (κ2) is 15.6. The Morgan fingerprint density at radius 3 is 1.33 bits per heavy atom. The van der Waals surface area contributed by atoms with E-state index in [0.717, 1.165) is 23.2 Å². The summed E-state index contributed by atoms with van der Waals surface area (Å²) in [5.41, 5.74) is 3.38. The molecule has 4 aromatic rings. The first kappa shape index (κ1) is 34.4. The number of hydrogen-bond donors (Lipinski definition) is 1. The lowest BCUT2D eigenvalue weighted by Gasteiger charge is -2.13. The van der Waals surface area contributed by atoms with E-state index in [1.54, 1.807) is 41.1 Å². The Morgan fingerprint density at radius 2 is 1.02 bits per heavy atom. The van der Waals surface area contributed by atoms with Crippen molar-refractivity contribution in [3.8, 4) is 23.3 Å². The van der Waals surface area contributed by atoms with Gasteiger partial charge in [0, 0.05) is 31.2 Å². The Morgan fingerprint density at radius 1 is 0.667 bits per heavy atom. The molecule has 0 saturated heterocycles. The van der Waals surface area contributed by atoms with Crippen molar-refractivity contribution in [1.82, 2.24) is 19.6 Å². The van der Waals surface area contributed by atoms with Gasteiger partial charge in [0.2, 0.25) is 11.8 Å². The van der Waals surface area contributed by atoms with E-state index in [2.05, 4.69) is 17.1 Å². The lowest BCUT2D eigenvalue weighted by molar-refractivity contribution is 0.273. The molecule has 42 heavy (non-hydrogen) atoms. The monoisotopic (exact) mass is 674 g/mol. The quantitative estimate of drug-likeness (QED) is 0.169. The van der Waals surface area contributed by atoms with E-state index in [1.165, 1.54) is 0 Å². The van der Waals surface area contributed by atoms with E-state index in [4.69, 9.17) is 67.5 Å². The molecular formula is C30H35Cl5N4O3. The lowest BCUT2D eigenvalue weighted by Crippen LogP contribution is -2.05. The molecule has 12 heteroatoms. The second-order valence-corrected chi connectivity index (χ2v) is 12.0. The van der Waals surface area contributed by atoms with Crippen LogP contribution in [0.15, 0.2) is 36.4 Å². The first-order valence-corrected chi connectivity index (χ1v) is 15.6. The smallest absolute Gasteiger partial charge is 0.221 e. The molecule has 4 rings (SSSR count). The van der Waals surface area contributed by atoms with Gasteiger partial charge in [-0.15, -0.1) is 11.6 Å². The lowest BCUT2D eigenvalue weighted by atomic mass is 10.2. The Labute approximate surface area is 272 Å². The number of nitrogens with zero attached hydrogens (tertiary/aromatic N) is 4. The molecule has 0 unspecified atom stereocenters. The summed E-state index contributed by atoms with van der Waals surface area (Å²) in [4.78, 5) is 0. The summed E-state index contributed by atoms with van der Waals surface area (Å²) in [6.07, 6.45) is 1.50. The summed E-state index contributed by atoms with van der Waals surface area (Å²) in [6.45, 7) is 12.0. The highest BCUT2D eigenvalue weighted by Gasteiger charge is 2.21. The van der Waals surface area contributed by atoms with Gasteiger partial charge in [-0.05, 0) is 76.9 Å². The average Bonchev–Trinajstić information content (AvgIpc) is 3.45. The number of alkyl halides is 1. The summed E-state index contributed by atoms with van der Waals surface area (Å²) in [5.74, 6) is 2.81. The predicted octanol–water partition coefficient (Wildman–Crippen LogP) is 10.5. The molecule has 2 aromatic heterocycles. The summed E-state index contributed by atoms with van der Waals surface area (Å²) >= 11 is 30.0. The molecule has 0 aliphatic heterocycles. The summed E-state index contributed by atoms with van der Waals surface area (Å²) in [7, 11) is 0. The predicted molar refractivity (Wildman–Crippen MR) is 173 cm³/mol. The van der Waals surface area contributed by atoms with E-state index >= 15 is 0 Å². The number of aliphatic hydroxyl groups excluding tert-OH is 1. The van der Waals surface area contributed by atoms with Gasteiger partial charge in [-0.25, -0.2) is 9.36 Å². The highest BCUT2D eigenvalue weighted by atomic mass is 35.5. The van der Waals surface area contributed by atoms with Crippen molar-refractivity contribution in [2.24, 2.45) is 0 Å². The maximum atomic E-state index is 9.45. The Bertz CT molecular complexity index is 1350. The van der Waals surface area contributed by atoms with Crippen molar-refractivity contribution in [3.63, 3.8) is 0 Å². The van der Waals surface area contributed by atoms with Crippen LogP contribution in [0.5, 0.6) is 23.3 Å². The normalized spacial score (nSPS) is 11.2. The molecule has 228 valence electrons. The minimum absolute atomic E-state index is 0.111. The fourth-order valence-corrected chi connectivity index (χ4v) is 5.48. The molecule has 0 fully saturated rings. The topological polar surface area (TPSA) is 74.3 Å². The fraction of sp³-hybridized carbons (Fsp3) is 0.400. The zero-order valence-electron chi connectivity index (χ0n) is 24.4. The molecule has 0 spiro atoms. The molecule has 0 aliphatic carbocycles. The van der Waals surface area contributed by atoms with E-state index < -0.39 is 0 Å². The standard InChI is InChI=1S/C15H17Cl3N2O.C15H18Cl2N2O2/c1-4-13-14(8-16)19-20(9(2)3)15(13)21-12-6-10(17)5-11(18)7-12;1-4-13-14(8-20)18-19(9(2)3)15(13)21-12-6-10(16)5-11(17)7-12/h5-7,9H,4,8H2,1-3H3;5-7,9,20H,4,8H2,1-3H3. The molecule has 2 heterocycles. The van der Waals surface area contributed by atoms with Crippen LogP contribution >= 0.6 is 58.0 Å². The summed E-state index contributed by atoms with van der Waals surface area (Å²) < 4.78 is 15.6. The van der Waals surface area contributed by atoms with Crippen molar-refractivity contribution < 1.29 is 14.6 Å². The van der Waals surface area contributed by atoms with Crippen LogP contribution in [-0.2, 0) is 25.3 Å². The fourth-order valence-electron chi connectivity index (χ4n) is 4.25. The van der Waals surface area contributed by atoms with Crippen molar-refractivity contribution in [3.05, 3.63) is 79.0 Å². The molecular weight excluding hydrogens is 642 g/mol. The van der Waals surface area contributed by atoms with Gasteiger partial charge in [-0.1, -0.05) is 60.3 Å². The van der Waals surface area contributed by atoms with Gasteiger partial charge >= 0.3 is 0 Å². The molecule has 0 radical (unpaired) electrons. The Balaban J connectivity index is 0.000000230. The average molecular weight is 677 g/mol. The molecule has 1 N–H and O–H groups in total. The maximum Gasteiger partial charge on any atom is 0.221 e. The molecule has 0 amide bonds. The SMILES string of the molecule is CCc1c(CCl)nn(C(C)C)c1Oc1cc(Cl)cc(Cl)c1.CCc1c(CO)nn(C(C)C)c1Oc1cc(Cl)cc(Cl)c1. The van der Waals surface area contributed by atoms with E-state index in [1.807, 2.05) is 39.3 Å². The molecule has 7 nitrogen and oxygen atoms in total. The van der Waals surface area contributed by atoms with E-state index in [9.17, 15) is 5.11 Å². The minimum atomic E-state index is -0.116. The van der Waals surface area contributed by atoms with Crippen molar-refractivity contribution in [2.45, 2.75) is 79.0 Å². The first-order chi connectivity index (χ1) is 19.9. The van der Waals surface area contributed by atoms with Crippen LogP contribution in [0.1, 0.15) is 76.1 Å².